The summed E-state index contributed by atoms with van der Waals surface area (Å²) in [6.07, 6.45) is 1.94. The van der Waals surface area contributed by atoms with Crippen LogP contribution in [0.2, 0.25) is 0 Å². The summed E-state index contributed by atoms with van der Waals surface area (Å²) in [7, 11) is 0. The molecule has 0 heterocycles. The minimum Gasteiger partial charge on any atom is -0.491 e. The Morgan fingerprint density at radius 1 is 1.14 bits per heavy atom. The Morgan fingerprint density at radius 3 is 2.21 bits per heavy atom. The summed E-state index contributed by atoms with van der Waals surface area (Å²) in [6, 6.07) is 4.26. The van der Waals surface area contributed by atoms with Crippen LogP contribution in [-0.4, -0.2) is 6.61 Å². The summed E-state index contributed by atoms with van der Waals surface area (Å²) in [6.45, 7) is 4.55. The van der Waals surface area contributed by atoms with Crippen molar-refractivity contribution in [3.63, 3.8) is 0 Å². The maximum atomic E-state index is 5.70. The SMILES string of the molecule is [CH2]CCCOc1c(I)cc(I)cc1I. The number of unbranched alkanes of at least 4 members (excludes halogenated alkanes) is 1. The van der Waals surface area contributed by atoms with E-state index in [9.17, 15) is 0 Å². The van der Waals surface area contributed by atoms with Gasteiger partial charge in [0.25, 0.3) is 0 Å². The van der Waals surface area contributed by atoms with E-state index >= 15 is 0 Å². The van der Waals surface area contributed by atoms with Crippen molar-refractivity contribution in [2.75, 3.05) is 6.61 Å². The molecule has 0 saturated carbocycles. The lowest BCUT2D eigenvalue weighted by Crippen LogP contribution is -2.00. The second kappa shape index (κ2) is 6.72. The minimum absolute atomic E-state index is 0.760. The second-order valence-corrected chi connectivity index (χ2v) is 6.32. The van der Waals surface area contributed by atoms with Gasteiger partial charge in [-0.3, -0.25) is 0 Å². The molecular weight excluding hydrogens is 517 g/mol. The van der Waals surface area contributed by atoms with Crippen molar-refractivity contribution >= 4 is 67.8 Å². The Balaban J connectivity index is 2.75. The van der Waals surface area contributed by atoms with Gasteiger partial charge in [-0.05, 0) is 86.3 Å². The fourth-order valence-electron chi connectivity index (χ4n) is 0.943. The third-order valence-corrected chi connectivity index (χ3v) is 3.83. The van der Waals surface area contributed by atoms with Gasteiger partial charge in [0.2, 0.25) is 0 Å². The first-order valence-electron chi connectivity index (χ1n) is 4.21. The van der Waals surface area contributed by atoms with Crippen LogP contribution in [0.5, 0.6) is 5.75 Å². The van der Waals surface area contributed by atoms with Gasteiger partial charge in [0.05, 0.1) is 13.7 Å². The van der Waals surface area contributed by atoms with Crippen molar-refractivity contribution in [3.8, 4) is 5.75 Å². The summed E-state index contributed by atoms with van der Waals surface area (Å²) in [4.78, 5) is 0. The van der Waals surface area contributed by atoms with Gasteiger partial charge in [0, 0.05) is 3.57 Å². The molecule has 1 rings (SSSR count). The van der Waals surface area contributed by atoms with Gasteiger partial charge >= 0.3 is 0 Å². The molecule has 0 amide bonds. The summed E-state index contributed by atoms with van der Waals surface area (Å²) in [5.74, 6) is 1.01. The lowest BCUT2D eigenvalue weighted by Gasteiger charge is -2.10. The fourth-order valence-corrected chi connectivity index (χ4v) is 4.84. The lowest BCUT2D eigenvalue weighted by molar-refractivity contribution is 0.307. The van der Waals surface area contributed by atoms with Crippen molar-refractivity contribution in [2.24, 2.45) is 0 Å². The van der Waals surface area contributed by atoms with E-state index in [2.05, 4.69) is 86.8 Å². The molecule has 0 aliphatic rings. The maximum Gasteiger partial charge on any atom is 0.145 e. The molecule has 0 aliphatic heterocycles. The zero-order chi connectivity index (χ0) is 10.6. The number of hydrogen-bond donors (Lipinski definition) is 0. The largest absolute Gasteiger partial charge is 0.491 e. The van der Waals surface area contributed by atoms with Gasteiger partial charge in [-0.2, -0.15) is 0 Å². The van der Waals surface area contributed by atoms with Crippen LogP contribution in [0.4, 0.5) is 0 Å². The zero-order valence-electron chi connectivity index (χ0n) is 7.53. The molecule has 0 atom stereocenters. The molecule has 77 valence electrons. The summed E-state index contributed by atoms with van der Waals surface area (Å²) in [5, 5.41) is 0. The van der Waals surface area contributed by atoms with Crippen molar-refractivity contribution in [2.45, 2.75) is 12.8 Å². The van der Waals surface area contributed by atoms with Crippen molar-refractivity contribution in [3.05, 3.63) is 29.8 Å². The fraction of sp³-hybridized carbons (Fsp3) is 0.300. The van der Waals surface area contributed by atoms with Gasteiger partial charge in [-0.1, -0.05) is 13.3 Å². The second-order valence-electron chi connectivity index (χ2n) is 2.75. The zero-order valence-corrected chi connectivity index (χ0v) is 14.0. The van der Waals surface area contributed by atoms with Crippen molar-refractivity contribution in [1.82, 2.24) is 0 Å². The van der Waals surface area contributed by atoms with Crippen LogP contribution >= 0.6 is 67.8 Å². The molecule has 1 aromatic carbocycles. The summed E-state index contributed by atoms with van der Waals surface area (Å²) >= 11 is 6.94. The van der Waals surface area contributed by atoms with Gasteiger partial charge < -0.3 is 4.74 Å². The Bertz CT molecular complexity index is 289. The molecule has 0 saturated heterocycles. The molecular formula is C10H10I3O. The smallest absolute Gasteiger partial charge is 0.145 e. The highest BCUT2D eigenvalue weighted by atomic mass is 127. The van der Waals surface area contributed by atoms with Crippen LogP contribution in [0.1, 0.15) is 12.8 Å². The monoisotopic (exact) mass is 527 g/mol. The Hall–Kier alpha value is 1.21. The van der Waals surface area contributed by atoms with E-state index in [1.165, 1.54) is 10.7 Å². The van der Waals surface area contributed by atoms with Crippen LogP contribution in [0.15, 0.2) is 12.1 Å². The first kappa shape index (κ1) is 13.3. The number of ether oxygens (including phenoxy) is 1. The van der Waals surface area contributed by atoms with Crippen molar-refractivity contribution < 1.29 is 4.74 Å². The molecule has 1 nitrogen and oxygen atoms in total. The van der Waals surface area contributed by atoms with E-state index < -0.39 is 0 Å². The highest BCUT2D eigenvalue weighted by molar-refractivity contribution is 14.1. The maximum absolute atomic E-state index is 5.70. The number of hydrogen-bond acceptors (Lipinski definition) is 1. The van der Waals surface area contributed by atoms with E-state index in [0.717, 1.165) is 25.2 Å². The van der Waals surface area contributed by atoms with Crippen LogP contribution in [0, 0.1) is 17.6 Å². The average Bonchev–Trinajstić information content (AvgIpc) is 2.09. The summed E-state index contributed by atoms with van der Waals surface area (Å²) in [5.41, 5.74) is 0. The normalized spacial score (nSPS) is 10.3. The molecule has 0 spiro atoms. The first-order valence-corrected chi connectivity index (χ1v) is 7.45. The number of rotatable bonds is 4. The van der Waals surface area contributed by atoms with Crippen LogP contribution in [0.3, 0.4) is 0 Å². The Morgan fingerprint density at radius 2 is 1.71 bits per heavy atom. The quantitative estimate of drug-likeness (QED) is 0.415. The average molecular weight is 527 g/mol. The topological polar surface area (TPSA) is 9.23 Å². The standard InChI is InChI=1S/C10H10I3O/c1-2-3-4-14-10-8(12)5-7(11)6-9(10)13/h5-6H,1-4H2. The molecule has 14 heavy (non-hydrogen) atoms. The first-order chi connectivity index (χ1) is 6.65. The molecule has 0 unspecified atom stereocenters. The van der Waals surface area contributed by atoms with Crippen LogP contribution in [-0.2, 0) is 0 Å². The van der Waals surface area contributed by atoms with E-state index in [4.69, 9.17) is 4.74 Å². The van der Waals surface area contributed by atoms with E-state index in [1.807, 2.05) is 0 Å². The highest BCUT2D eigenvalue weighted by Crippen LogP contribution is 2.29. The van der Waals surface area contributed by atoms with E-state index in [-0.39, 0.29) is 0 Å². The third kappa shape index (κ3) is 3.99. The highest BCUT2D eigenvalue weighted by Gasteiger charge is 2.07. The van der Waals surface area contributed by atoms with Gasteiger partial charge in [-0.15, -0.1) is 0 Å². The van der Waals surface area contributed by atoms with Gasteiger partial charge in [-0.25, -0.2) is 0 Å². The summed E-state index contributed by atoms with van der Waals surface area (Å²) < 4.78 is 9.32. The van der Waals surface area contributed by atoms with E-state index in [0.29, 0.717) is 0 Å². The van der Waals surface area contributed by atoms with Gasteiger partial charge in [0.15, 0.2) is 0 Å². The Labute approximate surface area is 126 Å². The molecule has 4 heteroatoms. The molecule has 1 radical (unpaired) electrons. The lowest BCUT2D eigenvalue weighted by atomic mass is 10.3. The molecule has 0 bridgehead atoms. The van der Waals surface area contributed by atoms with Gasteiger partial charge in [0.1, 0.15) is 5.75 Å². The number of benzene rings is 1. The predicted molar refractivity (Wildman–Crippen MR) is 84.7 cm³/mol. The van der Waals surface area contributed by atoms with Crippen molar-refractivity contribution in [1.29, 1.82) is 0 Å². The predicted octanol–water partition coefficient (Wildman–Crippen LogP) is 4.49. The molecule has 0 N–H and O–H groups in total. The van der Waals surface area contributed by atoms with Crippen LogP contribution in [0.25, 0.3) is 0 Å². The van der Waals surface area contributed by atoms with E-state index in [1.54, 1.807) is 0 Å². The molecule has 1 aromatic rings. The number of halogens is 3. The molecule has 0 aromatic heterocycles. The molecule has 0 aliphatic carbocycles. The van der Waals surface area contributed by atoms with Crippen LogP contribution < -0.4 is 4.74 Å². The minimum atomic E-state index is 0.760. The molecule has 0 fully saturated rings. The Kier molecular flexibility index (Phi) is 6.37. The third-order valence-electron chi connectivity index (χ3n) is 1.60.